The zero-order chi connectivity index (χ0) is 10.7. The molecule has 14 heavy (non-hydrogen) atoms. The highest BCUT2D eigenvalue weighted by molar-refractivity contribution is 4.88. The molecule has 1 aliphatic rings. The molecule has 0 aromatic carbocycles. The largest absolute Gasteiger partial charge is 0.326 e. The number of hydrogen-bond acceptors (Lipinski definition) is 2. The third-order valence-corrected chi connectivity index (χ3v) is 3.73. The smallest absolute Gasteiger partial charge is 0.0221 e. The summed E-state index contributed by atoms with van der Waals surface area (Å²) in [7, 11) is 0. The Kier molecular flexibility index (Phi) is 4.39. The molecule has 0 aromatic heterocycles. The predicted octanol–water partition coefficient (Wildman–Crippen LogP) is 2.23. The van der Waals surface area contributed by atoms with Crippen LogP contribution in [0.1, 0.15) is 47.0 Å². The van der Waals surface area contributed by atoms with E-state index in [0.29, 0.717) is 12.1 Å². The van der Waals surface area contributed by atoms with Crippen molar-refractivity contribution in [1.29, 1.82) is 0 Å². The Bertz CT molecular complexity index is 168. The molecule has 1 rings (SSSR count). The third kappa shape index (κ3) is 2.48. The summed E-state index contributed by atoms with van der Waals surface area (Å²) in [6.45, 7) is 10.4. The monoisotopic (exact) mass is 198 g/mol. The summed E-state index contributed by atoms with van der Waals surface area (Å²) in [5.74, 6) is 0.768. The minimum atomic E-state index is 0.342. The molecule has 2 N–H and O–H groups in total. The third-order valence-electron chi connectivity index (χ3n) is 3.73. The van der Waals surface area contributed by atoms with E-state index in [1.165, 1.54) is 19.4 Å². The van der Waals surface area contributed by atoms with E-state index < -0.39 is 0 Å². The lowest BCUT2D eigenvalue weighted by Gasteiger charge is -2.35. The van der Waals surface area contributed by atoms with E-state index in [4.69, 9.17) is 5.73 Å². The van der Waals surface area contributed by atoms with E-state index >= 15 is 0 Å². The molecular formula is C12H26N2. The first kappa shape index (κ1) is 12.0. The maximum Gasteiger partial charge on any atom is 0.0221 e. The van der Waals surface area contributed by atoms with Crippen molar-refractivity contribution in [2.45, 2.75) is 65.1 Å². The van der Waals surface area contributed by atoms with E-state index in [1.54, 1.807) is 0 Å². The quantitative estimate of drug-likeness (QED) is 0.750. The second kappa shape index (κ2) is 5.13. The van der Waals surface area contributed by atoms with Gasteiger partial charge in [-0.25, -0.2) is 0 Å². The van der Waals surface area contributed by atoms with Crippen LogP contribution in [-0.2, 0) is 0 Å². The molecule has 1 fully saturated rings. The second-order valence-corrected chi connectivity index (χ2v) is 5.00. The second-order valence-electron chi connectivity index (χ2n) is 5.00. The fraction of sp³-hybridized carbons (Fsp3) is 1.00. The van der Waals surface area contributed by atoms with Crippen LogP contribution < -0.4 is 5.73 Å². The van der Waals surface area contributed by atoms with Gasteiger partial charge >= 0.3 is 0 Å². The van der Waals surface area contributed by atoms with E-state index in [-0.39, 0.29) is 0 Å². The van der Waals surface area contributed by atoms with Crippen molar-refractivity contribution in [3.8, 4) is 0 Å². The van der Waals surface area contributed by atoms with Gasteiger partial charge in [0.1, 0.15) is 0 Å². The number of hydrogen-bond donors (Lipinski definition) is 1. The molecule has 2 heteroatoms. The van der Waals surface area contributed by atoms with Crippen LogP contribution in [-0.4, -0.2) is 29.6 Å². The summed E-state index contributed by atoms with van der Waals surface area (Å²) in [4.78, 5) is 2.62. The number of likely N-dealkylation sites (tertiary alicyclic amines) is 1. The summed E-state index contributed by atoms with van der Waals surface area (Å²) in [6, 6.07) is 1.66. The Hall–Kier alpha value is -0.0800. The lowest BCUT2D eigenvalue weighted by Crippen LogP contribution is -2.49. The molecule has 3 unspecified atom stereocenters. The Morgan fingerprint density at radius 3 is 2.50 bits per heavy atom. The van der Waals surface area contributed by atoms with Crippen molar-refractivity contribution in [3.05, 3.63) is 0 Å². The molecule has 0 bridgehead atoms. The average molecular weight is 198 g/mol. The topological polar surface area (TPSA) is 29.3 Å². The van der Waals surface area contributed by atoms with Crippen molar-refractivity contribution < 1.29 is 0 Å². The Morgan fingerprint density at radius 2 is 2.00 bits per heavy atom. The van der Waals surface area contributed by atoms with E-state index in [1.807, 2.05) is 0 Å². The molecule has 84 valence electrons. The Labute approximate surface area is 88.8 Å². The fourth-order valence-electron chi connectivity index (χ4n) is 2.62. The fourth-order valence-corrected chi connectivity index (χ4v) is 2.62. The van der Waals surface area contributed by atoms with Crippen LogP contribution in [0.4, 0.5) is 0 Å². The van der Waals surface area contributed by atoms with Gasteiger partial charge in [0.05, 0.1) is 0 Å². The highest BCUT2D eigenvalue weighted by atomic mass is 15.2. The van der Waals surface area contributed by atoms with Crippen LogP contribution >= 0.6 is 0 Å². The first-order chi connectivity index (χ1) is 6.57. The van der Waals surface area contributed by atoms with Gasteiger partial charge in [-0.1, -0.05) is 20.8 Å². The first-order valence-electron chi connectivity index (χ1n) is 6.09. The van der Waals surface area contributed by atoms with Crippen LogP contribution in [0.3, 0.4) is 0 Å². The Morgan fingerprint density at radius 1 is 1.36 bits per heavy atom. The van der Waals surface area contributed by atoms with E-state index in [2.05, 4.69) is 32.6 Å². The lowest BCUT2D eigenvalue weighted by atomic mass is 9.99. The zero-order valence-electron chi connectivity index (χ0n) is 10.2. The normalized spacial score (nSPS) is 28.3. The van der Waals surface area contributed by atoms with Crippen molar-refractivity contribution in [2.24, 2.45) is 11.7 Å². The van der Waals surface area contributed by atoms with Gasteiger partial charge in [0.15, 0.2) is 0 Å². The van der Waals surface area contributed by atoms with Crippen LogP contribution in [0.15, 0.2) is 0 Å². The summed E-state index contributed by atoms with van der Waals surface area (Å²) >= 11 is 0. The van der Waals surface area contributed by atoms with Crippen molar-refractivity contribution >= 4 is 0 Å². The molecule has 0 amide bonds. The molecule has 1 aliphatic heterocycles. The Balaban J connectivity index is 2.57. The molecule has 1 heterocycles. The van der Waals surface area contributed by atoms with E-state index in [9.17, 15) is 0 Å². The zero-order valence-corrected chi connectivity index (χ0v) is 10.2. The highest BCUT2D eigenvalue weighted by Gasteiger charge is 2.32. The van der Waals surface area contributed by atoms with Gasteiger partial charge in [-0.2, -0.15) is 0 Å². The SMILES string of the molecule is CCC(N)C(C)N1CCCC1C(C)C. The molecule has 0 aromatic rings. The molecular weight excluding hydrogens is 172 g/mol. The maximum absolute atomic E-state index is 6.12. The molecule has 3 atom stereocenters. The maximum atomic E-state index is 6.12. The van der Waals surface area contributed by atoms with Crippen LogP contribution in [0.5, 0.6) is 0 Å². The summed E-state index contributed by atoms with van der Waals surface area (Å²) < 4.78 is 0. The standard InChI is InChI=1S/C12H26N2/c1-5-11(13)10(4)14-8-6-7-12(14)9(2)3/h9-12H,5-8,13H2,1-4H3. The summed E-state index contributed by atoms with van der Waals surface area (Å²) in [5, 5.41) is 0. The molecule has 0 radical (unpaired) electrons. The lowest BCUT2D eigenvalue weighted by molar-refractivity contribution is 0.136. The van der Waals surface area contributed by atoms with Crippen molar-refractivity contribution in [2.75, 3.05) is 6.54 Å². The molecule has 0 aliphatic carbocycles. The van der Waals surface area contributed by atoms with Crippen molar-refractivity contribution in [3.63, 3.8) is 0 Å². The summed E-state index contributed by atoms with van der Waals surface area (Å²) in [6.07, 6.45) is 3.80. The van der Waals surface area contributed by atoms with Gasteiger partial charge in [-0.15, -0.1) is 0 Å². The predicted molar refractivity (Wildman–Crippen MR) is 62.3 cm³/mol. The van der Waals surface area contributed by atoms with Crippen LogP contribution in [0.25, 0.3) is 0 Å². The number of nitrogens with two attached hydrogens (primary N) is 1. The van der Waals surface area contributed by atoms with E-state index in [0.717, 1.165) is 18.4 Å². The van der Waals surface area contributed by atoms with Crippen LogP contribution in [0.2, 0.25) is 0 Å². The first-order valence-corrected chi connectivity index (χ1v) is 6.09. The minimum Gasteiger partial charge on any atom is -0.326 e. The van der Waals surface area contributed by atoms with Crippen LogP contribution in [0, 0.1) is 5.92 Å². The molecule has 2 nitrogen and oxygen atoms in total. The highest BCUT2D eigenvalue weighted by Crippen LogP contribution is 2.26. The molecule has 0 spiro atoms. The minimum absolute atomic E-state index is 0.342. The molecule has 0 saturated carbocycles. The van der Waals surface area contributed by atoms with Crippen molar-refractivity contribution in [1.82, 2.24) is 4.90 Å². The number of nitrogens with zero attached hydrogens (tertiary/aromatic N) is 1. The van der Waals surface area contributed by atoms with Gasteiger partial charge in [0, 0.05) is 18.1 Å². The number of rotatable bonds is 4. The van der Waals surface area contributed by atoms with Gasteiger partial charge in [-0.05, 0) is 38.6 Å². The van der Waals surface area contributed by atoms with Gasteiger partial charge in [-0.3, -0.25) is 4.90 Å². The average Bonchev–Trinajstić information content (AvgIpc) is 2.63. The molecule has 1 saturated heterocycles. The summed E-state index contributed by atoms with van der Waals surface area (Å²) in [5.41, 5.74) is 6.12. The van der Waals surface area contributed by atoms with Gasteiger partial charge < -0.3 is 5.73 Å². The van der Waals surface area contributed by atoms with Gasteiger partial charge in [0.25, 0.3) is 0 Å². The van der Waals surface area contributed by atoms with Gasteiger partial charge in [0.2, 0.25) is 0 Å².